The van der Waals surface area contributed by atoms with Gasteiger partial charge in [0.25, 0.3) is 0 Å². The van der Waals surface area contributed by atoms with Gasteiger partial charge in [-0.25, -0.2) is 4.57 Å². The second-order valence-corrected chi connectivity index (χ2v) is 12.5. The first kappa shape index (κ1) is 35.6. The van der Waals surface area contributed by atoms with Crippen LogP contribution in [-0.4, -0.2) is 21.3 Å². The summed E-state index contributed by atoms with van der Waals surface area (Å²) in [4.78, 5) is 0. The van der Waals surface area contributed by atoms with Crippen LogP contribution in [0, 0.1) is 0 Å². The molecule has 0 aliphatic rings. The van der Waals surface area contributed by atoms with Gasteiger partial charge in [0.1, 0.15) is 34.1 Å². The van der Waals surface area contributed by atoms with Crippen LogP contribution in [0.1, 0.15) is 96.8 Å². The standard InChI is InChI=1S/C36H51O7P/c1-10-34(11-2,28-19-16-22-31(25-28)38-7)41-44(37,42-35(12-3,13-4)29-20-17-23-32(26-29)39-8)43-36(14-5,15-6)30-21-18-24-33(27-30)40-9/h16-27H,10-15H2,1-9H3. The highest BCUT2D eigenvalue weighted by Crippen LogP contribution is 2.65. The number of phosphoric acid groups is 1. The van der Waals surface area contributed by atoms with Crippen molar-refractivity contribution < 1.29 is 32.3 Å². The molecule has 0 N–H and O–H groups in total. The van der Waals surface area contributed by atoms with Crippen molar-refractivity contribution in [3.63, 3.8) is 0 Å². The van der Waals surface area contributed by atoms with Crippen molar-refractivity contribution in [2.45, 2.75) is 96.9 Å². The molecule has 3 aromatic carbocycles. The molecule has 0 bridgehead atoms. The van der Waals surface area contributed by atoms with Gasteiger partial charge in [-0.15, -0.1) is 0 Å². The maximum atomic E-state index is 15.6. The molecule has 0 amide bonds. The molecule has 0 saturated carbocycles. The molecule has 242 valence electrons. The first-order valence-electron chi connectivity index (χ1n) is 15.8. The number of hydrogen-bond donors (Lipinski definition) is 0. The molecule has 0 aromatic heterocycles. The topological polar surface area (TPSA) is 72.5 Å². The Balaban J connectivity index is 2.27. The normalized spacial score (nSPS) is 12.7. The van der Waals surface area contributed by atoms with E-state index < -0.39 is 24.6 Å². The van der Waals surface area contributed by atoms with Crippen molar-refractivity contribution in [1.29, 1.82) is 0 Å². The lowest BCUT2D eigenvalue weighted by atomic mass is 9.88. The average molecular weight is 627 g/mol. The van der Waals surface area contributed by atoms with Crippen LogP contribution in [0.15, 0.2) is 72.8 Å². The number of hydrogen-bond acceptors (Lipinski definition) is 7. The van der Waals surface area contributed by atoms with Gasteiger partial charge in [-0.2, -0.15) is 0 Å². The highest BCUT2D eigenvalue weighted by molar-refractivity contribution is 7.48. The van der Waals surface area contributed by atoms with E-state index in [1.54, 1.807) is 21.3 Å². The van der Waals surface area contributed by atoms with E-state index >= 15 is 4.57 Å². The average Bonchev–Trinajstić information content (AvgIpc) is 3.08. The lowest BCUT2D eigenvalue weighted by molar-refractivity contribution is -0.0817. The van der Waals surface area contributed by atoms with Gasteiger partial charge >= 0.3 is 7.82 Å². The predicted molar refractivity (Wildman–Crippen MR) is 177 cm³/mol. The minimum atomic E-state index is -4.37. The molecule has 0 aliphatic heterocycles. The molecule has 0 radical (unpaired) electrons. The van der Waals surface area contributed by atoms with Crippen molar-refractivity contribution in [2.24, 2.45) is 0 Å². The molecule has 0 heterocycles. The van der Waals surface area contributed by atoms with Crippen molar-refractivity contribution >= 4 is 7.82 Å². The van der Waals surface area contributed by atoms with E-state index in [-0.39, 0.29) is 0 Å². The second kappa shape index (κ2) is 15.4. The zero-order valence-electron chi connectivity index (χ0n) is 28.0. The van der Waals surface area contributed by atoms with E-state index in [1.807, 2.05) is 114 Å². The van der Waals surface area contributed by atoms with Gasteiger partial charge in [-0.05, 0) is 91.6 Å². The van der Waals surface area contributed by atoms with Gasteiger partial charge in [-0.1, -0.05) is 77.9 Å². The van der Waals surface area contributed by atoms with Gasteiger partial charge in [0.15, 0.2) is 0 Å². The van der Waals surface area contributed by atoms with E-state index in [9.17, 15) is 0 Å². The van der Waals surface area contributed by atoms with Crippen LogP contribution < -0.4 is 14.2 Å². The Morgan fingerprint density at radius 1 is 0.477 bits per heavy atom. The minimum absolute atomic E-state index is 0.530. The highest BCUT2D eigenvalue weighted by atomic mass is 31.2. The third-order valence-corrected chi connectivity index (χ3v) is 10.8. The Bertz CT molecular complexity index is 1210. The van der Waals surface area contributed by atoms with Crippen LogP contribution in [0.3, 0.4) is 0 Å². The molecule has 0 aliphatic carbocycles. The Morgan fingerprint density at radius 2 is 0.727 bits per heavy atom. The third-order valence-electron chi connectivity index (χ3n) is 9.07. The molecule has 3 rings (SSSR count). The fourth-order valence-corrected chi connectivity index (χ4v) is 8.42. The molecule has 0 fully saturated rings. The summed E-state index contributed by atoms with van der Waals surface area (Å²) < 4.78 is 52.9. The lowest BCUT2D eigenvalue weighted by Gasteiger charge is -2.43. The van der Waals surface area contributed by atoms with E-state index in [0.29, 0.717) is 55.8 Å². The Labute approximate surface area is 264 Å². The SMILES string of the molecule is CCC(CC)(OP(=O)(OC(CC)(CC)c1cccc(OC)c1)OC(CC)(CC)c1cccc(OC)c1)c1cccc(OC)c1. The number of benzene rings is 3. The van der Waals surface area contributed by atoms with Crippen molar-refractivity contribution in [3.05, 3.63) is 89.5 Å². The summed E-state index contributed by atoms with van der Waals surface area (Å²) in [5.74, 6) is 2.07. The smallest absolute Gasteiger partial charge is 0.477 e. The van der Waals surface area contributed by atoms with Crippen molar-refractivity contribution in [1.82, 2.24) is 0 Å². The highest BCUT2D eigenvalue weighted by Gasteiger charge is 2.50. The number of rotatable bonds is 18. The van der Waals surface area contributed by atoms with Crippen LogP contribution in [0.25, 0.3) is 0 Å². The summed E-state index contributed by atoms with van der Waals surface area (Å²) in [7, 11) is 0.522. The van der Waals surface area contributed by atoms with Gasteiger partial charge in [0.05, 0.1) is 21.3 Å². The first-order valence-corrected chi connectivity index (χ1v) is 17.2. The predicted octanol–water partition coefficient (Wildman–Crippen LogP) is 10.3. The first-order chi connectivity index (χ1) is 21.1. The van der Waals surface area contributed by atoms with Gasteiger partial charge in [0.2, 0.25) is 0 Å². The zero-order chi connectivity index (χ0) is 32.4. The Kier molecular flexibility index (Phi) is 12.5. The van der Waals surface area contributed by atoms with E-state index in [4.69, 9.17) is 27.8 Å². The lowest BCUT2D eigenvalue weighted by Crippen LogP contribution is -2.36. The molecule has 0 atom stereocenters. The van der Waals surface area contributed by atoms with E-state index in [2.05, 4.69) is 0 Å². The molecular formula is C36H51O7P. The van der Waals surface area contributed by atoms with Crippen LogP contribution >= 0.6 is 7.82 Å². The number of methoxy groups -OCH3 is 3. The van der Waals surface area contributed by atoms with Gasteiger partial charge in [-0.3, -0.25) is 13.6 Å². The third kappa shape index (κ3) is 7.51. The summed E-state index contributed by atoms with van der Waals surface area (Å²) in [6, 6.07) is 23.1. The summed E-state index contributed by atoms with van der Waals surface area (Å²) in [5, 5.41) is 0. The second-order valence-electron chi connectivity index (χ2n) is 11.0. The zero-order valence-corrected chi connectivity index (χ0v) is 28.9. The minimum Gasteiger partial charge on any atom is -0.497 e. The van der Waals surface area contributed by atoms with E-state index in [1.165, 1.54) is 0 Å². The maximum Gasteiger partial charge on any atom is 0.477 e. The van der Waals surface area contributed by atoms with Crippen LogP contribution in [0.2, 0.25) is 0 Å². The number of phosphoric ester groups is 1. The summed E-state index contributed by atoms with van der Waals surface area (Å²) in [5.41, 5.74) is -0.411. The van der Waals surface area contributed by atoms with Crippen LogP contribution in [0.4, 0.5) is 0 Å². The molecule has 44 heavy (non-hydrogen) atoms. The van der Waals surface area contributed by atoms with Crippen LogP contribution in [-0.2, 0) is 34.9 Å². The number of ether oxygens (including phenoxy) is 3. The fourth-order valence-electron chi connectivity index (χ4n) is 5.94. The fraction of sp³-hybridized carbons (Fsp3) is 0.500. The largest absolute Gasteiger partial charge is 0.497 e. The summed E-state index contributed by atoms with van der Waals surface area (Å²) in [6.45, 7) is 12.2. The summed E-state index contributed by atoms with van der Waals surface area (Å²) in [6.07, 6.45) is 3.18. The Hall–Kier alpha value is -2.83. The van der Waals surface area contributed by atoms with Crippen molar-refractivity contribution in [3.8, 4) is 17.2 Å². The quantitative estimate of drug-likeness (QED) is 0.130. The summed E-state index contributed by atoms with van der Waals surface area (Å²) >= 11 is 0. The van der Waals surface area contributed by atoms with Gasteiger partial charge < -0.3 is 14.2 Å². The van der Waals surface area contributed by atoms with Crippen LogP contribution in [0.5, 0.6) is 17.2 Å². The molecule has 0 spiro atoms. The van der Waals surface area contributed by atoms with E-state index in [0.717, 1.165) is 16.7 Å². The molecule has 7 nitrogen and oxygen atoms in total. The molecule has 0 unspecified atom stereocenters. The maximum absolute atomic E-state index is 15.6. The monoisotopic (exact) mass is 626 g/mol. The molecule has 0 saturated heterocycles. The molecule has 3 aromatic rings. The Morgan fingerprint density at radius 3 is 0.932 bits per heavy atom. The van der Waals surface area contributed by atoms with Crippen molar-refractivity contribution in [2.75, 3.05) is 21.3 Å². The molecule has 8 heteroatoms. The molecular weight excluding hydrogens is 575 g/mol. The van der Waals surface area contributed by atoms with Gasteiger partial charge in [0, 0.05) is 0 Å².